The first-order chi connectivity index (χ1) is 6.36. The van der Waals surface area contributed by atoms with Crippen molar-refractivity contribution in [2.24, 2.45) is 0 Å². The minimum atomic E-state index is -0.130. The van der Waals surface area contributed by atoms with E-state index in [0.717, 1.165) is 32.5 Å². The summed E-state index contributed by atoms with van der Waals surface area (Å²) in [6, 6.07) is 0.804. The fourth-order valence-corrected chi connectivity index (χ4v) is 2.27. The van der Waals surface area contributed by atoms with Gasteiger partial charge < -0.3 is 15.2 Å². The molecule has 13 heavy (non-hydrogen) atoms. The number of nitrogens with one attached hydrogen (secondary N) is 1. The van der Waals surface area contributed by atoms with Crippen LogP contribution >= 0.6 is 0 Å². The molecule has 1 aliphatic carbocycles. The quantitative estimate of drug-likeness (QED) is 0.664. The number of ether oxygens (including phenoxy) is 1. The summed E-state index contributed by atoms with van der Waals surface area (Å²) in [5, 5.41) is 13.2. The highest BCUT2D eigenvalue weighted by molar-refractivity contribution is 4.84. The zero-order valence-electron chi connectivity index (χ0n) is 8.04. The molecule has 0 amide bonds. The van der Waals surface area contributed by atoms with Crippen molar-refractivity contribution >= 4 is 0 Å². The van der Waals surface area contributed by atoms with E-state index in [9.17, 15) is 5.11 Å². The molecule has 3 atom stereocenters. The number of hydrogen-bond acceptors (Lipinski definition) is 3. The number of hydrogen-bond donors (Lipinski definition) is 2. The van der Waals surface area contributed by atoms with Crippen molar-refractivity contribution < 1.29 is 9.84 Å². The van der Waals surface area contributed by atoms with E-state index in [1.807, 2.05) is 0 Å². The Hall–Kier alpha value is -0.120. The molecule has 2 N–H and O–H groups in total. The minimum Gasteiger partial charge on any atom is -0.392 e. The normalized spacial score (nSPS) is 40.8. The largest absolute Gasteiger partial charge is 0.392 e. The Labute approximate surface area is 79.5 Å². The lowest BCUT2D eigenvalue weighted by molar-refractivity contribution is 0.0828. The van der Waals surface area contributed by atoms with Crippen molar-refractivity contribution in [2.75, 3.05) is 13.2 Å². The van der Waals surface area contributed by atoms with Crippen LogP contribution in [0.25, 0.3) is 0 Å². The van der Waals surface area contributed by atoms with Gasteiger partial charge in [0.25, 0.3) is 0 Å². The van der Waals surface area contributed by atoms with Gasteiger partial charge in [-0.2, -0.15) is 0 Å². The summed E-state index contributed by atoms with van der Waals surface area (Å²) < 4.78 is 5.29. The van der Waals surface area contributed by atoms with Gasteiger partial charge in [0.2, 0.25) is 0 Å². The molecule has 2 aliphatic rings. The second kappa shape index (κ2) is 4.40. The van der Waals surface area contributed by atoms with Crippen molar-refractivity contribution in [1.82, 2.24) is 5.32 Å². The average Bonchev–Trinajstić information content (AvgIpc) is 2.61. The maximum Gasteiger partial charge on any atom is 0.0693 e. The Kier molecular flexibility index (Phi) is 3.19. The molecular formula is C10H19NO2. The van der Waals surface area contributed by atoms with Crippen LogP contribution in [-0.2, 0) is 4.74 Å². The average molecular weight is 185 g/mol. The fraction of sp³-hybridized carbons (Fsp3) is 1.00. The topological polar surface area (TPSA) is 41.5 Å². The molecule has 2 rings (SSSR count). The van der Waals surface area contributed by atoms with E-state index >= 15 is 0 Å². The standard InChI is InChI=1S/C10H19NO2/c12-10-4-2-1-3-9(10)11-8-5-6-13-7-8/h8-12H,1-7H2/t8?,9-,10-/m0/s1. The Bertz CT molecular complexity index is 157. The summed E-state index contributed by atoms with van der Waals surface area (Å²) in [6.45, 7) is 1.70. The zero-order valence-corrected chi connectivity index (χ0v) is 8.04. The van der Waals surface area contributed by atoms with Crippen LogP contribution in [0.4, 0.5) is 0 Å². The van der Waals surface area contributed by atoms with Crippen molar-refractivity contribution in [2.45, 2.75) is 50.3 Å². The second-order valence-electron chi connectivity index (χ2n) is 4.19. The van der Waals surface area contributed by atoms with Crippen LogP contribution in [0.5, 0.6) is 0 Å². The maximum absolute atomic E-state index is 9.73. The van der Waals surface area contributed by atoms with Gasteiger partial charge in [0.1, 0.15) is 0 Å². The summed E-state index contributed by atoms with van der Waals surface area (Å²) in [7, 11) is 0. The highest BCUT2D eigenvalue weighted by Crippen LogP contribution is 2.19. The Morgan fingerprint density at radius 1 is 1.15 bits per heavy atom. The Morgan fingerprint density at radius 3 is 2.69 bits per heavy atom. The number of rotatable bonds is 2. The van der Waals surface area contributed by atoms with Gasteiger partial charge >= 0.3 is 0 Å². The third-order valence-electron chi connectivity index (χ3n) is 3.11. The summed E-state index contributed by atoms with van der Waals surface area (Å²) in [5.74, 6) is 0. The molecule has 3 heteroatoms. The SMILES string of the molecule is O[C@H]1CCCC[C@@H]1NC1CCOC1. The lowest BCUT2D eigenvalue weighted by Crippen LogP contribution is -2.47. The fourth-order valence-electron chi connectivity index (χ4n) is 2.27. The highest BCUT2D eigenvalue weighted by atomic mass is 16.5. The zero-order chi connectivity index (χ0) is 9.10. The third kappa shape index (κ3) is 2.42. The van der Waals surface area contributed by atoms with Crippen LogP contribution in [-0.4, -0.2) is 36.5 Å². The van der Waals surface area contributed by atoms with E-state index in [1.54, 1.807) is 0 Å². The highest BCUT2D eigenvalue weighted by Gasteiger charge is 2.26. The lowest BCUT2D eigenvalue weighted by atomic mass is 9.92. The first-order valence-electron chi connectivity index (χ1n) is 5.38. The van der Waals surface area contributed by atoms with E-state index < -0.39 is 0 Å². The van der Waals surface area contributed by atoms with Gasteiger partial charge in [0.15, 0.2) is 0 Å². The van der Waals surface area contributed by atoms with Crippen LogP contribution in [0.1, 0.15) is 32.1 Å². The third-order valence-corrected chi connectivity index (χ3v) is 3.11. The predicted octanol–water partition coefficient (Wildman–Crippen LogP) is 0.668. The molecule has 1 saturated carbocycles. The van der Waals surface area contributed by atoms with Crippen LogP contribution in [0.15, 0.2) is 0 Å². The molecule has 1 unspecified atom stereocenters. The second-order valence-corrected chi connectivity index (χ2v) is 4.19. The van der Waals surface area contributed by atoms with E-state index in [1.165, 1.54) is 12.8 Å². The van der Waals surface area contributed by atoms with E-state index in [-0.39, 0.29) is 6.10 Å². The molecule has 76 valence electrons. The minimum absolute atomic E-state index is 0.130. The molecule has 0 aromatic rings. The van der Waals surface area contributed by atoms with E-state index in [0.29, 0.717) is 12.1 Å². The molecule has 0 radical (unpaired) electrons. The van der Waals surface area contributed by atoms with Gasteiger partial charge in [0.05, 0.1) is 12.7 Å². The Morgan fingerprint density at radius 2 is 2.00 bits per heavy atom. The summed E-state index contributed by atoms with van der Waals surface area (Å²) >= 11 is 0. The molecule has 0 aromatic carbocycles. The molecule has 1 heterocycles. The van der Waals surface area contributed by atoms with Crippen LogP contribution < -0.4 is 5.32 Å². The molecule has 2 fully saturated rings. The first-order valence-corrected chi connectivity index (χ1v) is 5.38. The molecule has 0 aromatic heterocycles. The van der Waals surface area contributed by atoms with Gasteiger partial charge in [-0.1, -0.05) is 12.8 Å². The molecule has 1 aliphatic heterocycles. The van der Waals surface area contributed by atoms with Crippen LogP contribution in [0.2, 0.25) is 0 Å². The number of aliphatic hydroxyl groups excluding tert-OH is 1. The van der Waals surface area contributed by atoms with Crippen molar-refractivity contribution in [3.63, 3.8) is 0 Å². The molecule has 0 spiro atoms. The first kappa shape index (κ1) is 9.44. The molecule has 1 saturated heterocycles. The van der Waals surface area contributed by atoms with Crippen molar-refractivity contribution in [3.8, 4) is 0 Å². The van der Waals surface area contributed by atoms with Crippen molar-refractivity contribution in [3.05, 3.63) is 0 Å². The van der Waals surface area contributed by atoms with Crippen molar-refractivity contribution in [1.29, 1.82) is 0 Å². The molecule has 3 nitrogen and oxygen atoms in total. The maximum atomic E-state index is 9.73. The summed E-state index contributed by atoms with van der Waals surface area (Å²) in [6.07, 6.45) is 5.49. The predicted molar refractivity (Wildman–Crippen MR) is 50.6 cm³/mol. The number of aliphatic hydroxyl groups is 1. The smallest absolute Gasteiger partial charge is 0.0693 e. The Balaban J connectivity index is 1.78. The summed E-state index contributed by atoms with van der Waals surface area (Å²) in [5.41, 5.74) is 0. The van der Waals surface area contributed by atoms with E-state index in [2.05, 4.69) is 5.32 Å². The van der Waals surface area contributed by atoms with Gasteiger partial charge in [-0.05, 0) is 19.3 Å². The van der Waals surface area contributed by atoms with Crippen LogP contribution in [0, 0.1) is 0 Å². The van der Waals surface area contributed by atoms with Gasteiger partial charge in [-0.25, -0.2) is 0 Å². The molecule has 0 bridgehead atoms. The monoisotopic (exact) mass is 185 g/mol. The van der Waals surface area contributed by atoms with E-state index in [4.69, 9.17) is 4.74 Å². The lowest BCUT2D eigenvalue weighted by Gasteiger charge is -2.30. The van der Waals surface area contributed by atoms with Gasteiger partial charge in [0, 0.05) is 18.7 Å². The van der Waals surface area contributed by atoms with Gasteiger partial charge in [-0.3, -0.25) is 0 Å². The summed E-state index contributed by atoms with van der Waals surface area (Å²) in [4.78, 5) is 0. The molecular weight excluding hydrogens is 166 g/mol. The van der Waals surface area contributed by atoms with Gasteiger partial charge in [-0.15, -0.1) is 0 Å². The van der Waals surface area contributed by atoms with Crippen LogP contribution in [0.3, 0.4) is 0 Å².